The number of carbonyl (C=O) groups excluding carboxylic acids is 1. The fourth-order valence-corrected chi connectivity index (χ4v) is 2.56. The van der Waals surface area contributed by atoms with E-state index in [1.165, 1.54) is 6.42 Å². The van der Waals surface area contributed by atoms with E-state index in [4.69, 9.17) is 5.84 Å². The van der Waals surface area contributed by atoms with Gasteiger partial charge in [0.2, 0.25) is 0 Å². The molecule has 5 nitrogen and oxygen atoms in total. The van der Waals surface area contributed by atoms with Crippen LogP contribution >= 0.6 is 0 Å². The van der Waals surface area contributed by atoms with Gasteiger partial charge >= 0.3 is 0 Å². The van der Waals surface area contributed by atoms with E-state index in [1.54, 1.807) is 0 Å². The molecule has 1 unspecified atom stereocenters. The first-order chi connectivity index (χ1) is 9.27. The lowest BCUT2D eigenvalue weighted by Crippen LogP contribution is -2.50. The van der Waals surface area contributed by atoms with Crippen molar-refractivity contribution in [3.05, 3.63) is 35.9 Å². The average Bonchev–Trinajstić information content (AvgIpc) is 2.38. The largest absolute Gasteiger partial charge is 0.395 e. The maximum atomic E-state index is 12.1. The van der Waals surface area contributed by atoms with Crippen molar-refractivity contribution in [3.63, 3.8) is 0 Å². The van der Waals surface area contributed by atoms with Crippen LogP contribution in [0.4, 0.5) is 0 Å². The molecule has 0 radical (unpaired) electrons. The zero-order chi connectivity index (χ0) is 13.7. The molecule has 4 N–H and O–H groups in total. The van der Waals surface area contributed by atoms with E-state index in [1.807, 2.05) is 30.3 Å². The minimum atomic E-state index is -0.427. The number of aliphatic hydroxyl groups excluding tert-OH is 1. The quantitative estimate of drug-likeness (QED) is 0.398. The van der Waals surface area contributed by atoms with E-state index in [0.29, 0.717) is 12.6 Å². The topological polar surface area (TPSA) is 78.6 Å². The maximum absolute atomic E-state index is 12.1. The molecule has 1 aromatic carbocycles. The van der Waals surface area contributed by atoms with Gasteiger partial charge in [0.1, 0.15) is 6.04 Å². The Hall–Kier alpha value is -1.43. The molecule has 1 fully saturated rings. The molecule has 1 aliphatic rings. The van der Waals surface area contributed by atoms with Crippen molar-refractivity contribution >= 4 is 5.91 Å². The summed E-state index contributed by atoms with van der Waals surface area (Å²) < 4.78 is 0. The number of nitrogens with one attached hydrogen (secondary N) is 1. The molecule has 1 aliphatic carbocycles. The predicted molar refractivity (Wildman–Crippen MR) is 72.9 cm³/mol. The highest BCUT2D eigenvalue weighted by Crippen LogP contribution is 2.32. The second-order valence-electron chi connectivity index (χ2n) is 4.87. The molecule has 0 aliphatic heterocycles. The van der Waals surface area contributed by atoms with E-state index in [-0.39, 0.29) is 12.5 Å². The molecular formula is C14H21N3O2. The van der Waals surface area contributed by atoms with Gasteiger partial charge in [0.15, 0.2) is 0 Å². The van der Waals surface area contributed by atoms with E-state index in [2.05, 4.69) is 10.3 Å². The van der Waals surface area contributed by atoms with Gasteiger partial charge in [0.05, 0.1) is 6.61 Å². The summed E-state index contributed by atoms with van der Waals surface area (Å²) in [6.07, 6.45) is 3.32. The number of nitrogens with zero attached hydrogens (tertiary/aromatic N) is 1. The lowest BCUT2D eigenvalue weighted by atomic mass is 9.89. The number of hydrogen-bond acceptors (Lipinski definition) is 4. The van der Waals surface area contributed by atoms with E-state index < -0.39 is 6.04 Å². The predicted octanol–water partition coefficient (Wildman–Crippen LogP) is 0.564. The first kappa shape index (κ1) is 14.0. The first-order valence-corrected chi connectivity index (χ1v) is 6.70. The molecule has 0 heterocycles. The van der Waals surface area contributed by atoms with Gasteiger partial charge in [-0.15, -0.1) is 0 Å². The Morgan fingerprint density at radius 1 is 1.42 bits per heavy atom. The van der Waals surface area contributed by atoms with Crippen molar-refractivity contribution in [1.82, 2.24) is 10.3 Å². The van der Waals surface area contributed by atoms with Crippen molar-refractivity contribution in [1.29, 1.82) is 0 Å². The van der Waals surface area contributed by atoms with Gasteiger partial charge in [0, 0.05) is 12.6 Å². The van der Waals surface area contributed by atoms with Crippen LogP contribution in [0.3, 0.4) is 0 Å². The number of nitrogens with two attached hydrogens (primary N) is 1. The summed E-state index contributed by atoms with van der Waals surface area (Å²) in [5.74, 6) is 5.09. The molecule has 0 aromatic heterocycles. The summed E-state index contributed by atoms with van der Waals surface area (Å²) in [5.41, 5.74) is 3.15. The lowest BCUT2D eigenvalue weighted by molar-refractivity contribution is -0.129. The Bertz CT molecular complexity index is 406. The second-order valence-corrected chi connectivity index (χ2v) is 4.87. The Morgan fingerprint density at radius 2 is 2.11 bits per heavy atom. The highest BCUT2D eigenvalue weighted by Gasteiger charge is 2.34. The molecule has 5 heteroatoms. The second kappa shape index (κ2) is 6.65. The third kappa shape index (κ3) is 3.12. The SMILES string of the molecule is NNC(=O)C(c1ccccc1)N(CCO)C1CCC1. The number of rotatable bonds is 6. The molecular weight excluding hydrogens is 242 g/mol. The van der Waals surface area contributed by atoms with Crippen LogP contribution in [0.25, 0.3) is 0 Å². The fraction of sp³-hybridized carbons (Fsp3) is 0.500. The number of benzene rings is 1. The van der Waals surface area contributed by atoms with Gasteiger partial charge in [-0.25, -0.2) is 5.84 Å². The Labute approximate surface area is 113 Å². The Kier molecular flexibility index (Phi) is 4.90. The fourth-order valence-electron chi connectivity index (χ4n) is 2.56. The number of aliphatic hydroxyl groups is 1. The molecule has 0 saturated heterocycles. The Balaban J connectivity index is 2.26. The highest BCUT2D eigenvalue weighted by atomic mass is 16.3. The third-order valence-electron chi connectivity index (χ3n) is 3.74. The van der Waals surface area contributed by atoms with Crippen LogP contribution in [0, 0.1) is 0 Å². The summed E-state index contributed by atoms with van der Waals surface area (Å²) in [5, 5.41) is 9.25. The third-order valence-corrected chi connectivity index (χ3v) is 3.74. The van der Waals surface area contributed by atoms with Crippen LogP contribution < -0.4 is 11.3 Å². The summed E-state index contributed by atoms with van der Waals surface area (Å²) in [4.78, 5) is 14.2. The summed E-state index contributed by atoms with van der Waals surface area (Å²) in [6, 6.07) is 9.50. The molecule has 19 heavy (non-hydrogen) atoms. The normalized spacial score (nSPS) is 17.0. The van der Waals surface area contributed by atoms with Crippen LogP contribution in [0.15, 0.2) is 30.3 Å². The molecule has 104 valence electrons. The van der Waals surface area contributed by atoms with Gasteiger partial charge in [0.25, 0.3) is 5.91 Å². The minimum absolute atomic E-state index is 0.0394. The number of hydrazine groups is 1. The van der Waals surface area contributed by atoms with E-state index >= 15 is 0 Å². The van der Waals surface area contributed by atoms with Crippen LogP contribution in [0.1, 0.15) is 30.9 Å². The zero-order valence-corrected chi connectivity index (χ0v) is 11.0. The molecule has 1 saturated carbocycles. The van der Waals surface area contributed by atoms with Crippen molar-refractivity contribution in [2.75, 3.05) is 13.2 Å². The highest BCUT2D eigenvalue weighted by molar-refractivity contribution is 5.82. The number of carbonyl (C=O) groups is 1. The molecule has 2 rings (SSSR count). The van der Waals surface area contributed by atoms with Gasteiger partial charge in [-0.1, -0.05) is 36.8 Å². The number of amides is 1. The summed E-state index contributed by atoms with van der Waals surface area (Å²) in [6.45, 7) is 0.523. The minimum Gasteiger partial charge on any atom is -0.395 e. The molecule has 0 bridgehead atoms. The van der Waals surface area contributed by atoms with Gasteiger partial charge in [-0.2, -0.15) is 0 Å². The molecule has 1 aromatic rings. The standard InChI is InChI=1S/C14H21N3O2/c15-16-14(19)13(11-5-2-1-3-6-11)17(9-10-18)12-7-4-8-12/h1-3,5-6,12-13,18H,4,7-10,15H2,(H,16,19). The number of hydrogen-bond donors (Lipinski definition) is 3. The maximum Gasteiger partial charge on any atom is 0.255 e. The van der Waals surface area contributed by atoms with E-state index in [9.17, 15) is 9.90 Å². The smallest absolute Gasteiger partial charge is 0.255 e. The van der Waals surface area contributed by atoms with Crippen LogP contribution in [0.2, 0.25) is 0 Å². The monoisotopic (exact) mass is 263 g/mol. The summed E-state index contributed by atoms with van der Waals surface area (Å²) >= 11 is 0. The van der Waals surface area contributed by atoms with Crippen LogP contribution in [0.5, 0.6) is 0 Å². The average molecular weight is 263 g/mol. The molecule has 0 spiro atoms. The van der Waals surface area contributed by atoms with Gasteiger partial charge in [-0.05, 0) is 18.4 Å². The Morgan fingerprint density at radius 3 is 2.58 bits per heavy atom. The lowest BCUT2D eigenvalue weighted by Gasteiger charge is -2.41. The van der Waals surface area contributed by atoms with Crippen molar-refractivity contribution in [3.8, 4) is 0 Å². The van der Waals surface area contributed by atoms with Crippen LogP contribution in [-0.2, 0) is 4.79 Å². The molecule has 1 atom stereocenters. The zero-order valence-electron chi connectivity index (χ0n) is 11.0. The van der Waals surface area contributed by atoms with Gasteiger partial charge in [-0.3, -0.25) is 15.1 Å². The van der Waals surface area contributed by atoms with E-state index in [0.717, 1.165) is 18.4 Å². The first-order valence-electron chi connectivity index (χ1n) is 6.70. The van der Waals surface area contributed by atoms with Crippen molar-refractivity contribution < 1.29 is 9.90 Å². The van der Waals surface area contributed by atoms with Crippen LogP contribution in [-0.4, -0.2) is 35.1 Å². The summed E-state index contributed by atoms with van der Waals surface area (Å²) in [7, 11) is 0. The molecule has 1 amide bonds. The van der Waals surface area contributed by atoms with Crippen molar-refractivity contribution in [2.45, 2.75) is 31.3 Å². The van der Waals surface area contributed by atoms with Crippen molar-refractivity contribution in [2.24, 2.45) is 5.84 Å². The van der Waals surface area contributed by atoms with Gasteiger partial charge < -0.3 is 5.11 Å².